The highest BCUT2D eigenvalue weighted by molar-refractivity contribution is 4.90. The molecule has 0 aliphatic heterocycles. The van der Waals surface area contributed by atoms with Crippen LogP contribution in [0.15, 0.2) is 0 Å². The fourth-order valence-electron chi connectivity index (χ4n) is 2.13. The molecule has 1 rings (SSSR count). The second kappa shape index (κ2) is 3.38. The van der Waals surface area contributed by atoms with E-state index in [1.807, 2.05) is 0 Å². The lowest BCUT2D eigenvalue weighted by atomic mass is 9.69. The summed E-state index contributed by atoms with van der Waals surface area (Å²) in [4.78, 5) is 0. The van der Waals surface area contributed by atoms with Gasteiger partial charge in [0.15, 0.2) is 0 Å². The first kappa shape index (κ1) is 8.06. The third-order valence-electron chi connectivity index (χ3n) is 2.81. The molecule has 0 heterocycles. The number of rotatable bonds is 3. The van der Waals surface area contributed by atoms with Gasteiger partial charge in [0.05, 0.1) is 0 Å². The molecule has 60 valence electrons. The van der Waals surface area contributed by atoms with E-state index in [1.54, 1.807) is 0 Å². The lowest BCUT2D eigenvalue weighted by molar-refractivity contribution is 0.118. The summed E-state index contributed by atoms with van der Waals surface area (Å²) in [5.41, 5.74) is 0. The first-order valence-corrected chi connectivity index (χ1v) is 4.53. The Morgan fingerprint density at radius 3 is 2.50 bits per heavy atom. The van der Waals surface area contributed by atoms with Crippen molar-refractivity contribution in [2.24, 2.45) is 11.8 Å². The number of nitrogens with one attached hydrogen (secondary N) is 1. The zero-order chi connectivity index (χ0) is 7.56. The summed E-state index contributed by atoms with van der Waals surface area (Å²) in [7, 11) is 0. The van der Waals surface area contributed by atoms with Gasteiger partial charge in [-0.2, -0.15) is 0 Å². The average molecular weight is 141 g/mol. The van der Waals surface area contributed by atoms with Gasteiger partial charge in [0.25, 0.3) is 0 Å². The minimum atomic E-state index is 0.838. The number of hydrogen-bond donors (Lipinski definition) is 1. The van der Waals surface area contributed by atoms with Crippen LogP contribution in [0.5, 0.6) is 0 Å². The smallest absolute Gasteiger partial charge is 0.0100 e. The zero-order valence-electron chi connectivity index (χ0n) is 7.35. The fourth-order valence-corrected chi connectivity index (χ4v) is 2.13. The van der Waals surface area contributed by atoms with Crippen LogP contribution in [0.4, 0.5) is 0 Å². The maximum Gasteiger partial charge on any atom is 0.0100 e. The van der Waals surface area contributed by atoms with Crippen LogP contribution in [0.25, 0.3) is 0 Å². The van der Waals surface area contributed by atoms with Crippen molar-refractivity contribution in [1.29, 1.82) is 0 Å². The molecule has 0 saturated heterocycles. The molecular weight excluding hydrogens is 122 g/mol. The van der Waals surface area contributed by atoms with Gasteiger partial charge in [-0.15, -0.1) is 0 Å². The van der Waals surface area contributed by atoms with Gasteiger partial charge in [0, 0.05) is 6.04 Å². The molecule has 1 heteroatoms. The van der Waals surface area contributed by atoms with Crippen LogP contribution in [0, 0.1) is 11.8 Å². The normalized spacial score (nSPS) is 39.3. The minimum Gasteiger partial charge on any atom is -0.314 e. The predicted octanol–water partition coefficient (Wildman–Crippen LogP) is 2.03. The van der Waals surface area contributed by atoms with Crippen molar-refractivity contribution in [1.82, 2.24) is 5.32 Å². The van der Waals surface area contributed by atoms with Crippen molar-refractivity contribution >= 4 is 0 Å². The summed E-state index contributed by atoms with van der Waals surface area (Å²) in [6.45, 7) is 7.98. The lowest BCUT2D eigenvalue weighted by Crippen LogP contribution is -2.48. The van der Waals surface area contributed by atoms with E-state index in [2.05, 4.69) is 26.1 Å². The van der Waals surface area contributed by atoms with Crippen LogP contribution in [0.2, 0.25) is 0 Å². The summed E-state index contributed by atoms with van der Waals surface area (Å²) < 4.78 is 0. The maximum absolute atomic E-state index is 3.51. The summed E-state index contributed by atoms with van der Waals surface area (Å²) >= 11 is 0. The van der Waals surface area contributed by atoms with Crippen LogP contribution < -0.4 is 5.32 Å². The van der Waals surface area contributed by atoms with Crippen LogP contribution >= 0.6 is 0 Å². The lowest BCUT2D eigenvalue weighted by Gasteiger charge is -2.43. The molecule has 1 nitrogen and oxygen atoms in total. The van der Waals surface area contributed by atoms with Gasteiger partial charge < -0.3 is 5.32 Å². The van der Waals surface area contributed by atoms with Crippen LogP contribution in [-0.2, 0) is 0 Å². The van der Waals surface area contributed by atoms with E-state index < -0.39 is 0 Å². The Labute approximate surface area is 64.2 Å². The van der Waals surface area contributed by atoms with E-state index in [4.69, 9.17) is 0 Å². The van der Waals surface area contributed by atoms with Gasteiger partial charge in [-0.1, -0.05) is 27.2 Å². The topological polar surface area (TPSA) is 12.0 Å². The van der Waals surface area contributed by atoms with Crippen molar-refractivity contribution in [3.05, 3.63) is 0 Å². The van der Waals surface area contributed by atoms with Crippen molar-refractivity contribution in [2.75, 3.05) is 6.54 Å². The molecule has 0 aromatic rings. The van der Waals surface area contributed by atoms with Crippen molar-refractivity contribution in [2.45, 2.75) is 39.7 Å². The van der Waals surface area contributed by atoms with Crippen molar-refractivity contribution in [3.8, 4) is 0 Å². The van der Waals surface area contributed by atoms with E-state index in [0.29, 0.717) is 0 Å². The standard InChI is InChI=1S/C9H19N/c1-4-8-7(3)6-9(8)10-5-2/h7-10H,4-6H2,1-3H3. The summed E-state index contributed by atoms with van der Waals surface area (Å²) in [6.07, 6.45) is 2.74. The monoisotopic (exact) mass is 141 g/mol. The van der Waals surface area contributed by atoms with Gasteiger partial charge in [-0.05, 0) is 24.8 Å². The Hall–Kier alpha value is -0.0400. The van der Waals surface area contributed by atoms with Crippen LogP contribution in [0.3, 0.4) is 0 Å². The van der Waals surface area contributed by atoms with E-state index in [1.165, 1.54) is 12.8 Å². The Balaban J connectivity index is 2.23. The van der Waals surface area contributed by atoms with Gasteiger partial charge in [0.1, 0.15) is 0 Å². The second-order valence-electron chi connectivity index (χ2n) is 3.45. The Morgan fingerprint density at radius 2 is 2.10 bits per heavy atom. The third-order valence-corrected chi connectivity index (χ3v) is 2.81. The summed E-state index contributed by atoms with van der Waals surface area (Å²) in [5, 5.41) is 3.51. The van der Waals surface area contributed by atoms with Gasteiger partial charge in [0.2, 0.25) is 0 Å². The molecule has 1 aliphatic rings. The highest BCUT2D eigenvalue weighted by atomic mass is 14.9. The first-order chi connectivity index (χ1) is 4.79. The maximum atomic E-state index is 3.51. The molecule has 0 spiro atoms. The molecule has 0 amide bonds. The molecule has 3 atom stereocenters. The largest absolute Gasteiger partial charge is 0.314 e. The Kier molecular flexibility index (Phi) is 2.72. The second-order valence-corrected chi connectivity index (χ2v) is 3.45. The molecule has 10 heavy (non-hydrogen) atoms. The molecule has 1 fully saturated rings. The molecule has 0 radical (unpaired) electrons. The fraction of sp³-hybridized carbons (Fsp3) is 1.00. The van der Waals surface area contributed by atoms with Gasteiger partial charge in [-0.25, -0.2) is 0 Å². The molecule has 1 N–H and O–H groups in total. The van der Waals surface area contributed by atoms with Gasteiger partial charge in [-0.3, -0.25) is 0 Å². The Morgan fingerprint density at radius 1 is 1.40 bits per heavy atom. The Bertz CT molecular complexity index is 98.9. The molecule has 0 bridgehead atoms. The predicted molar refractivity (Wildman–Crippen MR) is 45.0 cm³/mol. The quantitative estimate of drug-likeness (QED) is 0.634. The van der Waals surface area contributed by atoms with Crippen LogP contribution in [0.1, 0.15) is 33.6 Å². The van der Waals surface area contributed by atoms with Crippen LogP contribution in [-0.4, -0.2) is 12.6 Å². The molecule has 0 aromatic carbocycles. The zero-order valence-corrected chi connectivity index (χ0v) is 7.35. The highest BCUT2D eigenvalue weighted by Crippen LogP contribution is 2.36. The molecule has 0 aromatic heterocycles. The highest BCUT2D eigenvalue weighted by Gasteiger charge is 2.35. The van der Waals surface area contributed by atoms with Crippen molar-refractivity contribution < 1.29 is 0 Å². The van der Waals surface area contributed by atoms with E-state index in [9.17, 15) is 0 Å². The van der Waals surface area contributed by atoms with E-state index >= 15 is 0 Å². The molecular formula is C9H19N. The van der Waals surface area contributed by atoms with Gasteiger partial charge >= 0.3 is 0 Å². The summed E-state index contributed by atoms with van der Waals surface area (Å²) in [6, 6.07) is 0.838. The molecule has 3 unspecified atom stereocenters. The molecule has 1 aliphatic carbocycles. The SMILES string of the molecule is CCNC1CC(C)C1CC. The van der Waals surface area contributed by atoms with Crippen molar-refractivity contribution in [3.63, 3.8) is 0 Å². The first-order valence-electron chi connectivity index (χ1n) is 4.53. The average Bonchev–Trinajstić information content (AvgIpc) is 1.88. The third kappa shape index (κ3) is 1.34. The van der Waals surface area contributed by atoms with E-state index in [0.717, 1.165) is 24.4 Å². The summed E-state index contributed by atoms with van der Waals surface area (Å²) in [5.74, 6) is 1.92. The molecule has 1 saturated carbocycles. The number of hydrogen-bond acceptors (Lipinski definition) is 1. The minimum absolute atomic E-state index is 0.838. The van der Waals surface area contributed by atoms with E-state index in [-0.39, 0.29) is 0 Å².